The zero-order valence-corrected chi connectivity index (χ0v) is 11.3. The molecule has 0 unspecified atom stereocenters. The van der Waals surface area contributed by atoms with Gasteiger partial charge in [0.2, 0.25) is 5.91 Å². The van der Waals surface area contributed by atoms with Crippen LogP contribution in [0.5, 0.6) is 0 Å². The minimum atomic E-state index is -0.978. The lowest BCUT2D eigenvalue weighted by atomic mass is 10.0. The van der Waals surface area contributed by atoms with E-state index in [-0.39, 0.29) is 25.3 Å². The van der Waals surface area contributed by atoms with Crippen LogP contribution in [0.3, 0.4) is 0 Å². The Labute approximate surface area is 112 Å². The summed E-state index contributed by atoms with van der Waals surface area (Å²) in [6, 6.07) is -0.152. The maximum atomic E-state index is 11.5. The van der Waals surface area contributed by atoms with Gasteiger partial charge in [0.15, 0.2) is 0 Å². The van der Waals surface area contributed by atoms with E-state index in [0.717, 1.165) is 12.8 Å². The molecule has 0 bridgehead atoms. The quantitative estimate of drug-likeness (QED) is 0.530. The molecule has 3 amide bonds. The number of carboxylic acids is 1. The molecule has 0 aromatic carbocycles. The Morgan fingerprint density at radius 3 is 2.42 bits per heavy atom. The third-order valence-electron chi connectivity index (χ3n) is 2.63. The summed E-state index contributed by atoms with van der Waals surface area (Å²) < 4.78 is 0. The lowest BCUT2D eigenvalue weighted by Crippen LogP contribution is -2.49. The fourth-order valence-corrected chi connectivity index (χ4v) is 1.59. The van der Waals surface area contributed by atoms with Crippen molar-refractivity contribution >= 4 is 17.9 Å². The Hall–Kier alpha value is -1.79. The first-order chi connectivity index (χ1) is 8.78. The van der Waals surface area contributed by atoms with Crippen LogP contribution in [0.4, 0.5) is 4.79 Å². The molecule has 0 aromatic heterocycles. The Morgan fingerprint density at radius 2 is 1.89 bits per heavy atom. The van der Waals surface area contributed by atoms with Crippen molar-refractivity contribution < 1.29 is 19.5 Å². The third kappa shape index (κ3) is 7.28. The zero-order chi connectivity index (χ0) is 14.5. The van der Waals surface area contributed by atoms with Gasteiger partial charge in [0.1, 0.15) is 0 Å². The molecule has 0 saturated heterocycles. The molecule has 0 radical (unpaired) electrons. The molecule has 1 aliphatic carbocycles. The molecule has 19 heavy (non-hydrogen) atoms. The number of carboxylic acid groups (broad SMARTS) is 1. The van der Waals surface area contributed by atoms with Crippen molar-refractivity contribution in [2.24, 2.45) is 0 Å². The second kappa shape index (κ2) is 6.40. The number of amides is 3. The first kappa shape index (κ1) is 15.3. The first-order valence-corrected chi connectivity index (χ1v) is 6.36. The van der Waals surface area contributed by atoms with E-state index in [1.54, 1.807) is 13.8 Å². The van der Waals surface area contributed by atoms with E-state index in [1.165, 1.54) is 0 Å². The van der Waals surface area contributed by atoms with E-state index >= 15 is 0 Å². The van der Waals surface area contributed by atoms with Gasteiger partial charge in [-0.3, -0.25) is 9.59 Å². The molecular weight excluding hydrogens is 250 g/mol. The molecule has 0 atom stereocenters. The van der Waals surface area contributed by atoms with Crippen molar-refractivity contribution in [3.63, 3.8) is 0 Å². The van der Waals surface area contributed by atoms with Gasteiger partial charge in [0.05, 0.1) is 6.42 Å². The van der Waals surface area contributed by atoms with Crippen LogP contribution in [0.1, 0.15) is 39.5 Å². The lowest BCUT2D eigenvalue weighted by molar-refractivity contribution is -0.138. The number of hydrogen-bond donors (Lipinski definition) is 4. The van der Waals surface area contributed by atoms with Crippen LogP contribution in [-0.2, 0) is 9.59 Å². The van der Waals surface area contributed by atoms with Crippen LogP contribution in [0.2, 0.25) is 0 Å². The molecule has 1 aliphatic rings. The molecule has 7 heteroatoms. The van der Waals surface area contributed by atoms with Gasteiger partial charge >= 0.3 is 12.0 Å². The van der Waals surface area contributed by atoms with Gasteiger partial charge in [-0.2, -0.15) is 0 Å². The molecule has 1 rings (SSSR count). The normalized spacial score (nSPS) is 14.6. The summed E-state index contributed by atoms with van der Waals surface area (Å²) in [4.78, 5) is 33.4. The van der Waals surface area contributed by atoms with Crippen molar-refractivity contribution in [1.29, 1.82) is 0 Å². The maximum Gasteiger partial charge on any atom is 0.315 e. The minimum absolute atomic E-state index is 0.0763. The Bertz CT molecular complexity index is 364. The largest absolute Gasteiger partial charge is 0.481 e. The molecule has 4 N–H and O–H groups in total. The average molecular weight is 271 g/mol. The van der Waals surface area contributed by atoms with Gasteiger partial charge in [-0.15, -0.1) is 0 Å². The van der Waals surface area contributed by atoms with Crippen molar-refractivity contribution in [2.45, 2.75) is 51.1 Å². The predicted octanol–water partition coefficient (Wildman–Crippen LogP) is 0.208. The van der Waals surface area contributed by atoms with Crippen LogP contribution in [-0.4, -0.2) is 41.1 Å². The minimum Gasteiger partial charge on any atom is -0.481 e. The van der Waals surface area contributed by atoms with Crippen molar-refractivity contribution in [3.8, 4) is 0 Å². The smallest absolute Gasteiger partial charge is 0.315 e. The number of carbonyl (C=O) groups is 3. The Morgan fingerprint density at radius 1 is 1.26 bits per heavy atom. The summed E-state index contributed by atoms with van der Waals surface area (Å²) >= 11 is 0. The van der Waals surface area contributed by atoms with E-state index in [2.05, 4.69) is 16.0 Å². The monoisotopic (exact) mass is 271 g/mol. The van der Waals surface area contributed by atoms with E-state index in [9.17, 15) is 14.4 Å². The number of nitrogens with one attached hydrogen (secondary N) is 3. The van der Waals surface area contributed by atoms with Crippen LogP contribution < -0.4 is 16.0 Å². The van der Waals surface area contributed by atoms with Crippen LogP contribution in [0, 0.1) is 0 Å². The fraction of sp³-hybridized carbons (Fsp3) is 0.750. The summed E-state index contributed by atoms with van der Waals surface area (Å²) in [5.41, 5.74) is -0.827. The van der Waals surface area contributed by atoms with Gasteiger partial charge < -0.3 is 21.1 Å². The highest BCUT2D eigenvalue weighted by atomic mass is 16.4. The highest BCUT2D eigenvalue weighted by Crippen LogP contribution is 2.18. The SMILES string of the molecule is CC(C)(CC(=O)O)NC(=O)NCCC(=O)NC1CC1. The average Bonchev–Trinajstić information content (AvgIpc) is 2.97. The molecule has 0 heterocycles. The molecule has 108 valence electrons. The maximum absolute atomic E-state index is 11.5. The fourth-order valence-electron chi connectivity index (χ4n) is 1.59. The lowest BCUT2D eigenvalue weighted by Gasteiger charge is -2.24. The van der Waals surface area contributed by atoms with E-state index in [1.807, 2.05) is 0 Å². The van der Waals surface area contributed by atoms with E-state index < -0.39 is 17.5 Å². The van der Waals surface area contributed by atoms with Gasteiger partial charge in [-0.1, -0.05) is 0 Å². The molecular formula is C12H21N3O4. The highest BCUT2D eigenvalue weighted by molar-refractivity contribution is 5.79. The van der Waals surface area contributed by atoms with Crippen LogP contribution >= 0.6 is 0 Å². The Kier molecular flexibility index (Phi) is 5.14. The van der Waals surface area contributed by atoms with Crippen molar-refractivity contribution in [1.82, 2.24) is 16.0 Å². The molecule has 0 aromatic rings. The highest BCUT2D eigenvalue weighted by Gasteiger charge is 2.24. The summed E-state index contributed by atoms with van der Waals surface area (Å²) in [7, 11) is 0. The standard InChI is InChI=1S/C12H21N3O4/c1-12(2,7-10(17)18)15-11(19)13-6-5-9(16)14-8-3-4-8/h8H,3-7H2,1-2H3,(H,14,16)(H,17,18)(H2,13,15,19). The summed E-state index contributed by atoms with van der Waals surface area (Å²) in [6.07, 6.45) is 2.12. The van der Waals surface area contributed by atoms with Gasteiger partial charge in [0.25, 0.3) is 0 Å². The predicted molar refractivity (Wildman–Crippen MR) is 68.6 cm³/mol. The molecule has 0 aliphatic heterocycles. The van der Waals surface area contributed by atoms with Crippen molar-refractivity contribution in [3.05, 3.63) is 0 Å². The van der Waals surface area contributed by atoms with Gasteiger partial charge in [0, 0.05) is 24.5 Å². The molecule has 1 saturated carbocycles. The zero-order valence-electron chi connectivity index (χ0n) is 11.3. The van der Waals surface area contributed by atoms with Crippen LogP contribution in [0.25, 0.3) is 0 Å². The number of urea groups is 1. The second-order valence-corrected chi connectivity index (χ2v) is 5.43. The van der Waals surface area contributed by atoms with Crippen molar-refractivity contribution in [2.75, 3.05) is 6.54 Å². The molecule has 7 nitrogen and oxygen atoms in total. The van der Waals surface area contributed by atoms with Crippen LogP contribution in [0.15, 0.2) is 0 Å². The number of rotatable bonds is 7. The first-order valence-electron chi connectivity index (χ1n) is 6.36. The van der Waals surface area contributed by atoms with E-state index in [4.69, 9.17) is 5.11 Å². The number of aliphatic carboxylic acids is 1. The summed E-state index contributed by atoms with van der Waals surface area (Å²) in [6.45, 7) is 3.48. The topological polar surface area (TPSA) is 108 Å². The van der Waals surface area contributed by atoms with E-state index in [0.29, 0.717) is 6.04 Å². The molecule has 1 fully saturated rings. The second-order valence-electron chi connectivity index (χ2n) is 5.43. The summed E-state index contributed by atoms with van der Waals surface area (Å²) in [5, 5.41) is 16.6. The Balaban J connectivity index is 2.15. The van der Waals surface area contributed by atoms with Gasteiger partial charge in [-0.05, 0) is 26.7 Å². The number of hydrogen-bond acceptors (Lipinski definition) is 3. The third-order valence-corrected chi connectivity index (χ3v) is 2.63. The molecule has 0 spiro atoms. The van der Waals surface area contributed by atoms with Gasteiger partial charge in [-0.25, -0.2) is 4.79 Å². The summed E-state index contributed by atoms with van der Waals surface area (Å²) in [5.74, 6) is -1.05. The number of carbonyl (C=O) groups excluding carboxylic acids is 2.